The van der Waals surface area contributed by atoms with Crippen molar-refractivity contribution in [2.45, 2.75) is 13.0 Å². The Morgan fingerprint density at radius 3 is 2.62 bits per heavy atom. The van der Waals surface area contributed by atoms with Gasteiger partial charge in [0.2, 0.25) is 0 Å². The molecule has 1 N–H and O–H groups in total. The van der Waals surface area contributed by atoms with Crippen molar-refractivity contribution < 1.29 is 4.92 Å². The van der Waals surface area contributed by atoms with Crippen LogP contribution in [-0.4, -0.2) is 9.91 Å². The summed E-state index contributed by atoms with van der Waals surface area (Å²) in [6.07, 6.45) is 2.71. The van der Waals surface area contributed by atoms with E-state index in [-0.39, 0.29) is 11.7 Å². The average Bonchev–Trinajstić information content (AvgIpc) is 2.49. The SMILES string of the molecule is CC(Nc1c(Br)cncc1[N+](=O)[O-])c1ccc(C#N)cc1. The summed E-state index contributed by atoms with van der Waals surface area (Å²) in [6, 6.07) is 8.95. The first-order valence-electron chi connectivity index (χ1n) is 6.07. The zero-order valence-electron chi connectivity index (χ0n) is 11.1. The van der Waals surface area contributed by atoms with Crippen molar-refractivity contribution in [3.05, 3.63) is 62.4 Å². The number of benzene rings is 1. The minimum absolute atomic E-state index is 0.0927. The fourth-order valence-corrected chi connectivity index (χ4v) is 2.29. The molecule has 1 atom stereocenters. The van der Waals surface area contributed by atoms with Gasteiger partial charge in [0.25, 0.3) is 0 Å². The van der Waals surface area contributed by atoms with E-state index in [9.17, 15) is 10.1 Å². The fourth-order valence-electron chi connectivity index (χ4n) is 1.85. The summed E-state index contributed by atoms with van der Waals surface area (Å²) < 4.78 is 0.525. The van der Waals surface area contributed by atoms with E-state index in [0.717, 1.165) is 5.56 Å². The Hall–Kier alpha value is -2.46. The Balaban J connectivity index is 2.29. The van der Waals surface area contributed by atoms with Crippen LogP contribution in [-0.2, 0) is 0 Å². The summed E-state index contributed by atoms with van der Waals surface area (Å²) in [6.45, 7) is 1.89. The Labute approximate surface area is 129 Å². The number of aromatic nitrogens is 1. The summed E-state index contributed by atoms with van der Waals surface area (Å²) in [7, 11) is 0. The first-order chi connectivity index (χ1) is 10.0. The largest absolute Gasteiger partial charge is 0.372 e. The molecule has 0 saturated heterocycles. The second kappa shape index (κ2) is 6.33. The molecule has 1 heterocycles. The minimum atomic E-state index is -0.481. The van der Waals surface area contributed by atoms with E-state index in [1.807, 2.05) is 19.1 Å². The van der Waals surface area contributed by atoms with Crippen LogP contribution in [0.5, 0.6) is 0 Å². The molecule has 0 amide bonds. The molecule has 2 rings (SSSR count). The van der Waals surface area contributed by atoms with Crippen molar-refractivity contribution in [1.29, 1.82) is 5.26 Å². The molecule has 1 aromatic carbocycles. The number of nitriles is 1. The second-order valence-electron chi connectivity index (χ2n) is 4.37. The first-order valence-corrected chi connectivity index (χ1v) is 6.86. The number of nitro groups is 1. The van der Waals surface area contributed by atoms with Crippen LogP contribution >= 0.6 is 15.9 Å². The number of hydrogen-bond acceptors (Lipinski definition) is 5. The Morgan fingerprint density at radius 1 is 1.38 bits per heavy atom. The molecule has 7 heteroatoms. The number of halogens is 1. The molecule has 0 aliphatic rings. The van der Waals surface area contributed by atoms with Crippen molar-refractivity contribution in [2.24, 2.45) is 0 Å². The maximum Gasteiger partial charge on any atom is 0.311 e. The van der Waals surface area contributed by atoms with Gasteiger partial charge in [0.05, 0.1) is 21.0 Å². The molecule has 0 radical (unpaired) electrons. The van der Waals surface area contributed by atoms with Crippen molar-refractivity contribution in [2.75, 3.05) is 5.32 Å². The van der Waals surface area contributed by atoms with E-state index in [1.54, 1.807) is 12.1 Å². The highest BCUT2D eigenvalue weighted by molar-refractivity contribution is 9.10. The van der Waals surface area contributed by atoms with Gasteiger partial charge in [0.15, 0.2) is 0 Å². The normalized spacial score (nSPS) is 11.5. The molecule has 1 unspecified atom stereocenters. The minimum Gasteiger partial charge on any atom is -0.372 e. The zero-order chi connectivity index (χ0) is 15.4. The first kappa shape index (κ1) is 14.9. The molecular formula is C14H11BrN4O2. The van der Waals surface area contributed by atoms with Crippen LogP contribution in [0.15, 0.2) is 41.1 Å². The van der Waals surface area contributed by atoms with Crippen LogP contribution in [0.4, 0.5) is 11.4 Å². The van der Waals surface area contributed by atoms with Gasteiger partial charge in [-0.2, -0.15) is 5.26 Å². The highest BCUT2D eigenvalue weighted by Gasteiger charge is 2.19. The second-order valence-corrected chi connectivity index (χ2v) is 5.23. The molecule has 0 aliphatic carbocycles. The number of pyridine rings is 1. The molecule has 0 fully saturated rings. The van der Waals surface area contributed by atoms with Crippen molar-refractivity contribution in [1.82, 2.24) is 4.98 Å². The van der Waals surface area contributed by atoms with Crippen molar-refractivity contribution in [3.63, 3.8) is 0 Å². The van der Waals surface area contributed by atoms with E-state index in [2.05, 4.69) is 32.3 Å². The highest BCUT2D eigenvalue weighted by atomic mass is 79.9. The van der Waals surface area contributed by atoms with Gasteiger partial charge < -0.3 is 5.32 Å². The van der Waals surface area contributed by atoms with Gasteiger partial charge >= 0.3 is 5.69 Å². The molecule has 0 spiro atoms. The Bertz CT molecular complexity index is 710. The molecule has 0 saturated carbocycles. The van der Waals surface area contributed by atoms with Crippen LogP contribution in [0, 0.1) is 21.4 Å². The molecule has 0 bridgehead atoms. The third-order valence-corrected chi connectivity index (χ3v) is 3.58. The number of nitrogens with zero attached hydrogens (tertiary/aromatic N) is 3. The maximum absolute atomic E-state index is 11.0. The van der Waals surface area contributed by atoms with E-state index < -0.39 is 4.92 Å². The van der Waals surface area contributed by atoms with E-state index in [4.69, 9.17) is 5.26 Å². The lowest BCUT2D eigenvalue weighted by atomic mass is 10.1. The molecule has 0 aliphatic heterocycles. The molecule has 1 aromatic heterocycles. The Kier molecular flexibility index (Phi) is 4.50. The lowest BCUT2D eigenvalue weighted by Crippen LogP contribution is -2.09. The van der Waals surface area contributed by atoms with Crippen molar-refractivity contribution >= 4 is 27.3 Å². The summed E-state index contributed by atoms with van der Waals surface area (Å²) in [4.78, 5) is 14.4. The van der Waals surface area contributed by atoms with Crippen molar-refractivity contribution in [3.8, 4) is 6.07 Å². The summed E-state index contributed by atoms with van der Waals surface area (Å²) >= 11 is 3.27. The van der Waals surface area contributed by atoms with Gasteiger partial charge in [-0.15, -0.1) is 0 Å². The highest BCUT2D eigenvalue weighted by Crippen LogP contribution is 2.33. The van der Waals surface area contributed by atoms with Crippen LogP contribution in [0.3, 0.4) is 0 Å². The van der Waals surface area contributed by atoms with Gasteiger partial charge in [-0.1, -0.05) is 12.1 Å². The van der Waals surface area contributed by atoms with Gasteiger partial charge in [-0.25, -0.2) is 0 Å². The molecule has 106 valence electrons. The van der Waals surface area contributed by atoms with Gasteiger partial charge in [-0.05, 0) is 40.5 Å². The third-order valence-electron chi connectivity index (χ3n) is 2.98. The third kappa shape index (κ3) is 3.35. The maximum atomic E-state index is 11.0. The molecular weight excluding hydrogens is 336 g/mol. The van der Waals surface area contributed by atoms with E-state index in [0.29, 0.717) is 15.7 Å². The molecule has 21 heavy (non-hydrogen) atoms. The topological polar surface area (TPSA) is 91.8 Å². The van der Waals surface area contributed by atoms with Gasteiger partial charge in [0.1, 0.15) is 11.9 Å². The predicted molar refractivity (Wildman–Crippen MR) is 81.8 cm³/mol. The van der Waals surface area contributed by atoms with Gasteiger partial charge in [-0.3, -0.25) is 15.1 Å². The van der Waals surface area contributed by atoms with E-state index >= 15 is 0 Å². The Morgan fingerprint density at radius 2 is 2.05 bits per heavy atom. The standard InChI is InChI=1S/C14H11BrN4O2/c1-9(11-4-2-10(6-16)3-5-11)18-14-12(15)7-17-8-13(14)19(20)21/h2-5,7-9H,1H3,(H,17,18). The average molecular weight is 347 g/mol. The smallest absolute Gasteiger partial charge is 0.311 e. The summed E-state index contributed by atoms with van der Waals surface area (Å²) in [5, 5.41) is 22.9. The number of anilines is 1. The zero-order valence-corrected chi connectivity index (χ0v) is 12.7. The number of nitrogens with one attached hydrogen (secondary N) is 1. The monoisotopic (exact) mass is 346 g/mol. The summed E-state index contributed by atoms with van der Waals surface area (Å²) in [5.41, 5.74) is 1.78. The predicted octanol–water partition coefficient (Wildman–Crippen LogP) is 3.80. The van der Waals surface area contributed by atoms with Crippen LogP contribution in [0.25, 0.3) is 0 Å². The van der Waals surface area contributed by atoms with Gasteiger partial charge in [0, 0.05) is 12.2 Å². The fraction of sp³-hybridized carbons (Fsp3) is 0.143. The lowest BCUT2D eigenvalue weighted by molar-refractivity contribution is -0.384. The molecule has 6 nitrogen and oxygen atoms in total. The van der Waals surface area contributed by atoms with Crippen LogP contribution in [0.1, 0.15) is 24.1 Å². The summed E-state index contributed by atoms with van der Waals surface area (Å²) in [5.74, 6) is 0. The lowest BCUT2D eigenvalue weighted by Gasteiger charge is -2.16. The quantitative estimate of drug-likeness (QED) is 0.671. The van der Waals surface area contributed by atoms with Crippen LogP contribution < -0.4 is 5.32 Å². The van der Waals surface area contributed by atoms with E-state index in [1.165, 1.54) is 12.4 Å². The molecule has 2 aromatic rings. The van der Waals surface area contributed by atoms with Crippen LogP contribution in [0.2, 0.25) is 0 Å². The number of rotatable bonds is 4. The number of hydrogen-bond donors (Lipinski definition) is 1.